The van der Waals surface area contributed by atoms with Crippen LogP contribution in [0.4, 0.5) is 0 Å². The van der Waals surface area contributed by atoms with Crippen LogP contribution in [-0.4, -0.2) is 36.5 Å². The lowest BCUT2D eigenvalue weighted by atomic mass is 10.2. The van der Waals surface area contributed by atoms with Gasteiger partial charge in [-0.1, -0.05) is 0 Å². The number of nitrogens with zero attached hydrogens (tertiary/aromatic N) is 2. The number of nitrogens with two attached hydrogens (primary N) is 1. The first-order valence-corrected chi connectivity index (χ1v) is 4.96. The maximum atomic E-state index is 5.82. The highest BCUT2D eigenvalue weighted by atomic mass is 16.5. The zero-order chi connectivity index (χ0) is 11.3. The number of ether oxygens (including phenoxy) is 2. The van der Waals surface area contributed by atoms with E-state index in [4.69, 9.17) is 15.2 Å². The van der Waals surface area contributed by atoms with Gasteiger partial charge in [0.25, 0.3) is 0 Å². The number of methoxy groups -OCH3 is 2. The highest BCUT2D eigenvalue weighted by molar-refractivity contribution is 5.03. The van der Waals surface area contributed by atoms with E-state index < -0.39 is 0 Å². The molecule has 0 radical (unpaired) electrons. The van der Waals surface area contributed by atoms with Crippen LogP contribution in [0.5, 0.6) is 0 Å². The average molecular weight is 213 g/mol. The summed E-state index contributed by atoms with van der Waals surface area (Å²) >= 11 is 0. The largest absolute Gasteiger partial charge is 0.382 e. The van der Waals surface area contributed by atoms with Gasteiger partial charge >= 0.3 is 0 Å². The molecule has 0 aliphatic carbocycles. The van der Waals surface area contributed by atoms with E-state index in [1.54, 1.807) is 26.7 Å². The first-order chi connectivity index (χ1) is 7.19. The summed E-state index contributed by atoms with van der Waals surface area (Å²) in [7, 11) is 3.33. The molecule has 15 heavy (non-hydrogen) atoms. The van der Waals surface area contributed by atoms with Crippen molar-refractivity contribution < 1.29 is 9.47 Å². The molecule has 0 amide bonds. The van der Waals surface area contributed by atoms with Gasteiger partial charge < -0.3 is 19.8 Å². The molecule has 1 aromatic heterocycles. The van der Waals surface area contributed by atoms with Gasteiger partial charge in [-0.2, -0.15) is 0 Å². The van der Waals surface area contributed by atoms with Crippen molar-refractivity contribution in [1.82, 2.24) is 9.55 Å². The predicted octanol–water partition coefficient (Wildman–Crippen LogP) is 0.564. The Bertz CT molecular complexity index is 286. The Balaban J connectivity index is 2.65. The van der Waals surface area contributed by atoms with E-state index in [0.29, 0.717) is 13.2 Å². The Kier molecular flexibility index (Phi) is 4.74. The van der Waals surface area contributed by atoms with E-state index in [2.05, 4.69) is 4.98 Å². The number of hydrogen-bond acceptors (Lipinski definition) is 4. The second kappa shape index (κ2) is 5.85. The second-order valence-electron chi connectivity index (χ2n) is 3.57. The summed E-state index contributed by atoms with van der Waals surface area (Å²) in [6.07, 6.45) is 3.58. The van der Waals surface area contributed by atoms with Crippen LogP contribution in [0.1, 0.15) is 18.7 Å². The van der Waals surface area contributed by atoms with Gasteiger partial charge in [0.1, 0.15) is 0 Å². The van der Waals surface area contributed by atoms with E-state index >= 15 is 0 Å². The average Bonchev–Trinajstić information content (AvgIpc) is 2.65. The first kappa shape index (κ1) is 12.2. The standard InChI is InChI=1S/C10H19N3O2/c1-8(11)10-4-12-7-13(10)5-9(15-3)6-14-2/h4,7-9H,5-6,11H2,1-3H3/t8-,9?/m1/s1. The maximum absolute atomic E-state index is 5.82. The van der Waals surface area contributed by atoms with Crippen molar-refractivity contribution in [2.24, 2.45) is 5.73 Å². The predicted molar refractivity (Wildman–Crippen MR) is 57.5 cm³/mol. The summed E-state index contributed by atoms with van der Waals surface area (Å²) in [6.45, 7) is 3.21. The van der Waals surface area contributed by atoms with E-state index in [9.17, 15) is 0 Å². The van der Waals surface area contributed by atoms with Crippen molar-refractivity contribution in [3.8, 4) is 0 Å². The molecule has 1 rings (SSSR count). The molecule has 0 aliphatic heterocycles. The molecule has 5 heteroatoms. The van der Waals surface area contributed by atoms with Crippen molar-refractivity contribution in [3.05, 3.63) is 18.2 Å². The highest BCUT2D eigenvalue weighted by Crippen LogP contribution is 2.10. The van der Waals surface area contributed by atoms with Crippen LogP contribution in [0.25, 0.3) is 0 Å². The fourth-order valence-electron chi connectivity index (χ4n) is 1.46. The molecule has 0 saturated carbocycles. The van der Waals surface area contributed by atoms with Crippen LogP contribution in [0.3, 0.4) is 0 Å². The minimum atomic E-state index is -0.0208. The van der Waals surface area contributed by atoms with E-state index in [-0.39, 0.29) is 12.1 Å². The minimum absolute atomic E-state index is 0.0208. The lowest BCUT2D eigenvalue weighted by Gasteiger charge is -2.17. The molecule has 5 nitrogen and oxygen atoms in total. The van der Waals surface area contributed by atoms with Crippen molar-refractivity contribution in [2.75, 3.05) is 20.8 Å². The van der Waals surface area contributed by atoms with E-state index in [1.807, 2.05) is 11.5 Å². The van der Waals surface area contributed by atoms with Gasteiger partial charge in [0.15, 0.2) is 0 Å². The normalized spacial score (nSPS) is 15.2. The third-order valence-corrected chi connectivity index (χ3v) is 2.30. The van der Waals surface area contributed by atoms with Crippen molar-refractivity contribution in [2.45, 2.75) is 25.6 Å². The van der Waals surface area contributed by atoms with Crippen molar-refractivity contribution in [3.63, 3.8) is 0 Å². The molecule has 1 heterocycles. The van der Waals surface area contributed by atoms with Gasteiger partial charge in [-0.25, -0.2) is 4.98 Å². The molecule has 1 unspecified atom stereocenters. The topological polar surface area (TPSA) is 62.3 Å². The molecule has 2 N–H and O–H groups in total. The van der Waals surface area contributed by atoms with Crippen LogP contribution in [0.2, 0.25) is 0 Å². The summed E-state index contributed by atoms with van der Waals surface area (Å²) in [5.74, 6) is 0. The third-order valence-electron chi connectivity index (χ3n) is 2.30. The Morgan fingerprint density at radius 3 is 2.80 bits per heavy atom. The number of imidazole rings is 1. The monoisotopic (exact) mass is 213 g/mol. The molecule has 0 bridgehead atoms. The van der Waals surface area contributed by atoms with Gasteiger partial charge in [0, 0.05) is 26.5 Å². The zero-order valence-electron chi connectivity index (χ0n) is 9.51. The fraction of sp³-hybridized carbons (Fsp3) is 0.700. The summed E-state index contributed by atoms with van der Waals surface area (Å²) in [4.78, 5) is 4.08. The summed E-state index contributed by atoms with van der Waals surface area (Å²) in [6, 6.07) is -0.0208. The summed E-state index contributed by atoms with van der Waals surface area (Å²) < 4.78 is 12.3. The number of aromatic nitrogens is 2. The van der Waals surface area contributed by atoms with Gasteiger partial charge in [0.05, 0.1) is 31.3 Å². The molecule has 0 fully saturated rings. The number of hydrogen-bond donors (Lipinski definition) is 1. The summed E-state index contributed by atoms with van der Waals surface area (Å²) in [5, 5.41) is 0. The molecule has 1 aromatic rings. The summed E-state index contributed by atoms with van der Waals surface area (Å²) in [5.41, 5.74) is 6.82. The molecule has 0 aromatic carbocycles. The van der Waals surface area contributed by atoms with Gasteiger partial charge in [-0.05, 0) is 6.92 Å². The highest BCUT2D eigenvalue weighted by Gasteiger charge is 2.12. The Morgan fingerprint density at radius 1 is 1.53 bits per heavy atom. The van der Waals surface area contributed by atoms with Crippen molar-refractivity contribution in [1.29, 1.82) is 0 Å². The first-order valence-electron chi connectivity index (χ1n) is 4.96. The molecular weight excluding hydrogens is 194 g/mol. The van der Waals surface area contributed by atoms with Crippen LogP contribution in [0.15, 0.2) is 12.5 Å². The SMILES string of the molecule is COCC(Cn1cncc1[C@@H](C)N)OC. The quantitative estimate of drug-likeness (QED) is 0.750. The zero-order valence-corrected chi connectivity index (χ0v) is 9.51. The van der Waals surface area contributed by atoms with Crippen molar-refractivity contribution >= 4 is 0 Å². The lowest BCUT2D eigenvalue weighted by molar-refractivity contribution is 0.0178. The minimum Gasteiger partial charge on any atom is -0.382 e. The lowest BCUT2D eigenvalue weighted by Crippen LogP contribution is -2.25. The second-order valence-corrected chi connectivity index (χ2v) is 3.57. The Labute approximate surface area is 90.2 Å². The Morgan fingerprint density at radius 2 is 2.27 bits per heavy atom. The van der Waals surface area contributed by atoms with Gasteiger partial charge in [-0.15, -0.1) is 0 Å². The van der Waals surface area contributed by atoms with Crippen LogP contribution in [-0.2, 0) is 16.0 Å². The van der Waals surface area contributed by atoms with Crippen LogP contribution in [0, 0.1) is 0 Å². The molecule has 2 atom stereocenters. The van der Waals surface area contributed by atoms with Crippen LogP contribution >= 0.6 is 0 Å². The van der Waals surface area contributed by atoms with E-state index in [0.717, 1.165) is 5.69 Å². The maximum Gasteiger partial charge on any atom is 0.0983 e. The molecule has 0 saturated heterocycles. The third kappa shape index (κ3) is 3.30. The van der Waals surface area contributed by atoms with E-state index in [1.165, 1.54) is 0 Å². The molecule has 0 aliphatic rings. The number of rotatable bonds is 6. The molecular formula is C10H19N3O2. The fourth-order valence-corrected chi connectivity index (χ4v) is 1.46. The molecule has 0 spiro atoms. The van der Waals surface area contributed by atoms with Gasteiger partial charge in [0.2, 0.25) is 0 Å². The van der Waals surface area contributed by atoms with Gasteiger partial charge in [-0.3, -0.25) is 0 Å². The Hall–Kier alpha value is -0.910. The smallest absolute Gasteiger partial charge is 0.0983 e. The van der Waals surface area contributed by atoms with Crippen LogP contribution < -0.4 is 5.73 Å². The molecule has 86 valence electrons.